The van der Waals surface area contributed by atoms with Crippen LogP contribution >= 0.6 is 0 Å². The Morgan fingerprint density at radius 1 is 1.12 bits per heavy atom. The zero-order valence-corrected chi connectivity index (χ0v) is 15.7. The topological polar surface area (TPSA) is 49.9 Å². The third-order valence-corrected chi connectivity index (χ3v) is 7.16. The monoisotopic (exact) mass is 352 g/mol. The first-order chi connectivity index (χ1) is 11.4. The fourth-order valence-electron chi connectivity index (χ4n) is 4.00. The molecule has 3 rings (SSSR count). The normalized spacial score (nSPS) is 25.8. The maximum atomic E-state index is 13.1. The van der Waals surface area contributed by atoms with E-state index in [2.05, 4.69) is 18.7 Å². The summed E-state index contributed by atoms with van der Waals surface area (Å²) in [7, 11) is -1.72. The Hall–Kier alpha value is -0.950. The molecule has 1 fully saturated rings. The van der Waals surface area contributed by atoms with Crippen LogP contribution in [0.5, 0.6) is 0 Å². The summed E-state index contributed by atoms with van der Waals surface area (Å²) in [5.74, 6) is 0. The third-order valence-electron chi connectivity index (χ3n) is 5.33. The minimum atomic E-state index is -3.42. The maximum absolute atomic E-state index is 13.1. The van der Waals surface area contributed by atoms with Crippen LogP contribution in [-0.2, 0) is 27.6 Å². The van der Waals surface area contributed by atoms with Gasteiger partial charge < -0.3 is 4.74 Å². The maximum Gasteiger partial charge on any atom is 0.243 e. The van der Waals surface area contributed by atoms with E-state index >= 15 is 0 Å². The number of aryl methyl sites for hydroxylation is 2. The van der Waals surface area contributed by atoms with Crippen LogP contribution in [0.25, 0.3) is 0 Å². The molecular weight excluding hydrogens is 324 g/mol. The number of nitrogens with zero attached hydrogens (tertiary/aromatic N) is 2. The second-order valence-electron chi connectivity index (χ2n) is 7.03. The van der Waals surface area contributed by atoms with Gasteiger partial charge in [0.05, 0.1) is 11.5 Å². The van der Waals surface area contributed by atoms with Crippen molar-refractivity contribution in [1.29, 1.82) is 0 Å². The van der Waals surface area contributed by atoms with Gasteiger partial charge in [-0.1, -0.05) is 6.07 Å². The van der Waals surface area contributed by atoms with Crippen molar-refractivity contribution in [2.75, 3.05) is 33.4 Å². The first kappa shape index (κ1) is 17.9. The summed E-state index contributed by atoms with van der Waals surface area (Å²) < 4.78 is 33.0. The standard InChI is InChI=1S/C18H28N2O3S/c1-14-12-19(13-15(2)20(14)9-10-23-3)24(21,22)18-8-7-16-5-4-6-17(16)11-18/h7-8,11,14-15H,4-6,9-10,12-13H2,1-3H3. The summed E-state index contributed by atoms with van der Waals surface area (Å²) in [4.78, 5) is 2.78. The number of rotatable bonds is 5. The molecular formula is C18H28N2O3S. The number of piperazine rings is 1. The fraction of sp³-hybridized carbons (Fsp3) is 0.667. The van der Waals surface area contributed by atoms with Crippen LogP contribution in [0, 0.1) is 0 Å². The zero-order valence-electron chi connectivity index (χ0n) is 14.9. The Bertz CT molecular complexity index is 678. The highest BCUT2D eigenvalue weighted by Crippen LogP contribution is 2.28. The van der Waals surface area contributed by atoms with Crippen molar-refractivity contribution in [1.82, 2.24) is 9.21 Å². The molecule has 1 aromatic rings. The highest BCUT2D eigenvalue weighted by Gasteiger charge is 2.36. The summed E-state index contributed by atoms with van der Waals surface area (Å²) in [6.07, 6.45) is 3.20. The van der Waals surface area contributed by atoms with Crippen molar-refractivity contribution in [2.24, 2.45) is 0 Å². The second-order valence-corrected chi connectivity index (χ2v) is 8.97. The minimum absolute atomic E-state index is 0.188. The van der Waals surface area contributed by atoms with E-state index in [1.54, 1.807) is 17.5 Å². The Kier molecular flexibility index (Phi) is 5.30. The quantitative estimate of drug-likeness (QED) is 0.812. The molecule has 2 atom stereocenters. The molecule has 134 valence electrons. The number of hydrogen-bond acceptors (Lipinski definition) is 4. The zero-order chi connectivity index (χ0) is 17.3. The molecule has 2 unspecified atom stereocenters. The molecule has 0 N–H and O–H groups in total. The molecule has 1 aliphatic heterocycles. The van der Waals surface area contributed by atoms with Crippen molar-refractivity contribution >= 4 is 10.0 Å². The Balaban J connectivity index is 1.78. The van der Waals surface area contributed by atoms with E-state index in [-0.39, 0.29) is 12.1 Å². The smallest absolute Gasteiger partial charge is 0.243 e. The van der Waals surface area contributed by atoms with E-state index in [1.165, 1.54) is 11.1 Å². The van der Waals surface area contributed by atoms with Crippen molar-refractivity contribution in [3.05, 3.63) is 29.3 Å². The van der Waals surface area contributed by atoms with Gasteiger partial charge in [-0.3, -0.25) is 4.90 Å². The Morgan fingerprint density at radius 2 is 1.79 bits per heavy atom. The number of benzene rings is 1. The molecule has 6 heteroatoms. The van der Waals surface area contributed by atoms with Crippen molar-refractivity contribution < 1.29 is 13.2 Å². The predicted octanol–water partition coefficient (Wildman–Crippen LogP) is 1.91. The molecule has 5 nitrogen and oxygen atoms in total. The molecule has 2 aliphatic rings. The summed E-state index contributed by atoms with van der Waals surface area (Å²) in [5.41, 5.74) is 2.51. The number of fused-ring (bicyclic) bond motifs is 1. The average molecular weight is 353 g/mol. The van der Waals surface area contributed by atoms with Crippen LogP contribution in [0.3, 0.4) is 0 Å². The average Bonchev–Trinajstić information content (AvgIpc) is 3.01. The van der Waals surface area contributed by atoms with Crippen LogP contribution in [-0.4, -0.2) is 63.1 Å². The molecule has 0 amide bonds. The van der Waals surface area contributed by atoms with Gasteiger partial charge in [-0.2, -0.15) is 4.31 Å². The lowest BCUT2D eigenvalue weighted by Crippen LogP contribution is -2.58. The predicted molar refractivity (Wildman–Crippen MR) is 94.7 cm³/mol. The first-order valence-electron chi connectivity index (χ1n) is 8.80. The molecule has 24 heavy (non-hydrogen) atoms. The lowest BCUT2D eigenvalue weighted by molar-refractivity contribution is 0.0496. The van der Waals surface area contributed by atoms with Crippen molar-refractivity contribution in [2.45, 2.75) is 50.1 Å². The van der Waals surface area contributed by atoms with E-state index in [4.69, 9.17) is 4.74 Å². The SMILES string of the molecule is COCCN1C(C)CN(S(=O)(=O)c2ccc3c(c2)CCC3)CC1C. The summed E-state index contributed by atoms with van der Waals surface area (Å²) in [6, 6.07) is 6.05. The largest absolute Gasteiger partial charge is 0.383 e. The van der Waals surface area contributed by atoms with Gasteiger partial charge in [0.2, 0.25) is 10.0 Å². The number of hydrogen-bond donors (Lipinski definition) is 0. The molecule has 0 spiro atoms. The van der Waals surface area contributed by atoms with E-state index in [9.17, 15) is 8.42 Å². The molecule has 1 aliphatic carbocycles. The fourth-order valence-corrected chi connectivity index (χ4v) is 5.65. The van der Waals surface area contributed by atoms with Crippen LogP contribution in [0.1, 0.15) is 31.4 Å². The lowest BCUT2D eigenvalue weighted by atomic mass is 10.1. The molecule has 0 radical (unpaired) electrons. The summed E-state index contributed by atoms with van der Waals surface area (Å²) in [5, 5.41) is 0. The van der Waals surface area contributed by atoms with Crippen molar-refractivity contribution in [3.63, 3.8) is 0 Å². The number of ether oxygens (including phenoxy) is 1. The van der Waals surface area contributed by atoms with E-state index in [1.807, 2.05) is 12.1 Å². The first-order valence-corrected chi connectivity index (χ1v) is 10.2. The van der Waals surface area contributed by atoms with E-state index in [0.717, 1.165) is 25.8 Å². The van der Waals surface area contributed by atoms with E-state index in [0.29, 0.717) is 24.6 Å². The van der Waals surface area contributed by atoms with Gasteiger partial charge in [-0.25, -0.2) is 8.42 Å². The summed E-state index contributed by atoms with van der Waals surface area (Å²) >= 11 is 0. The van der Waals surface area contributed by atoms with Gasteiger partial charge >= 0.3 is 0 Å². The molecule has 1 aromatic carbocycles. The van der Waals surface area contributed by atoms with Crippen LogP contribution in [0.15, 0.2) is 23.1 Å². The molecule has 0 saturated carbocycles. The van der Waals surface area contributed by atoms with Crippen LogP contribution in [0.2, 0.25) is 0 Å². The molecule has 1 saturated heterocycles. The van der Waals surface area contributed by atoms with Gasteiger partial charge in [0.25, 0.3) is 0 Å². The Labute approximate surface area is 145 Å². The highest BCUT2D eigenvalue weighted by atomic mass is 32.2. The van der Waals surface area contributed by atoms with E-state index < -0.39 is 10.0 Å². The van der Waals surface area contributed by atoms with Crippen LogP contribution in [0.4, 0.5) is 0 Å². The Morgan fingerprint density at radius 3 is 2.46 bits per heavy atom. The number of sulfonamides is 1. The molecule has 0 aromatic heterocycles. The van der Waals surface area contributed by atoms with Crippen molar-refractivity contribution in [3.8, 4) is 0 Å². The third kappa shape index (κ3) is 3.38. The van der Waals surface area contributed by atoms with Gasteiger partial charge in [0.1, 0.15) is 0 Å². The number of methoxy groups -OCH3 is 1. The summed E-state index contributed by atoms with van der Waals surface area (Å²) in [6.45, 7) is 6.77. The molecule has 0 bridgehead atoms. The minimum Gasteiger partial charge on any atom is -0.383 e. The molecule has 1 heterocycles. The highest BCUT2D eigenvalue weighted by molar-refractivity contribution is 7.89. The van der Waals surface area contributed by atoms with Crippen LogP contribution < -0.4 is 0 Å². The lowest BCUT2D eigenvalue weighted by Gasteiger charge is -2.43. The van der Waals surface area contributed by atoms with Gasteiger partial charge in [0.15, 0.2) is 0 Å². The van der Waals surface area contributed by atoms with Gasteiger partial charge in [0, 0.05) is 38.8 Å². The van der Waals surface area contributed by atoms with Gasteiger partial charge in [-0.15, -0.1) is 0 Å². The second kappa shape index (κ2) is 7.12. The van der Waals surface area contributed by atoms with Gasteiger partial charge in [-0.05, 0) is 56.4 Å².